The number of benzene rings is 1. The van der Waals surface area contributed by atoms with E-state index in [1.807, 2.05) is 13.0 Å². The van der Waals surface area contributed by atoms with E-state index in [4.69, 9.17) is 5.73 Å². The standard InChI is InChI=1S/C20H21N5O2S/c1-3-14-15(11-21)19(25(2)9-10-26)24-20(16(14)12-22)28-17(18(23)27)13-7-5-4-6-8-13/h4-8,17,26H,3,9-10H2,1-2H3,(H2,23,27)/t17-/m1/s1. The average Bonchev–Trinajstić information content (AvgIpc) is 2.71. The van der Waals surface area contributed by atoms with Crippen molar-refractivity contribution in [3.63, 3.8) is 0 Å². The third-order valence-corrected chi connectivity index (χ3v) is 5.47. The summed E-state index contributed by atoms with van der Waals surface area (Å²) in [7, 11) is 1.71. The highest BCUT2D eigenvalue weighted by Crippen LogP contribution is 2.39. The smallest absolute Gasteiger partial charge is 0.235 e. The van der Waals surface area contributed by atoms with E-state index in [1.54, 1.807) is 36.2 Å². The predicted octanol–water partition coefficient (Wildman–Crippen LogP) is 2.13. The molecule has 1 aromatic heterocycles. The molecule has 1 aromatic carbocycles. The number of aromatic nitrogens is 1. The zero-order valence-electron chi connectivity index (χ0n) is 15.7. The van der Waals surface area contributed by atoms with Gasteiger partial charge in [-0.2, -0.15) is 10.5 Å². The van der Waals surface area contributed by atoms with Gasteiger partial charge < -0.3 is 15.7 Å². The number of carbonyl (C=O) groups excluding carboxylic acids is 1. The van der Waals surface area contributed by atoms with Crippen molar-refractivity contribution in [3.05, 3.63) is 52.6 Å². The van der Waals surface area contributed by atoms with Crippen LogP contribution in [0.4, 0.5) is 5.82 Å². The molecule has 8 heteroatoms. The number of nitrogens with two attached hydrogens (primary N) is 1. The lowest BCUT2D eigenvalue weighted by Crippen LogP contribution is -2.25. The number of likely N-dealkylation sites (N-methyl/N-ethyl adjacent to an activating group) is 1. The molecule has 1 heterocycles. The fraction of sp³-hybridized carbons (Fsp3) is 0.300. The van der Waals surface area contributed by atoms with Gasteiger partial charge in [0.15, 0.2) is 0 Å². The SMILES string of the molecule is CCc1c(C#N)c(S[C@@H](C(N)=O)c2ccccc2)nc(N(C)CCO)c1C#N. The van der Waals surface area contributed by atoms with Crippen molar-refractivity contribution in [2.45, 2.75) is 23.6 Å². The Morgan fingerprint density at radius 3 is 2.43 bits per heavy atom. The molecule has 7 nitrogen and oxygen atoms in total. The van der Waals surface area contributed by atoms with Crippen molar-refractivity contribution in [2.75, 3.05) is 25.1 Å². The van der Waals surface area contributed by atoms with Crippen LogP contribution >= 0.6 is 11.8 Å². The van der Waals surface area contributed by atoms with Crippen molar-refractivity contribution in [1.82, 2.24) is 4.98 Å². The molecule has 144 valence electrons. The molecular weight excluding hydrogens is 374 g/mol. The molecule has 1 atom stereocenters. The minimum atomic E-state index is -0.727. The van der Waals surface area contributed by atoms with E-state index in [-0.39, 0.29) is 18.7 Å². The van der Waals surface area contributed by atoms with Gasteiger partial charge in [-0.05, 0) is 17.5 Å². The summed E-state index contributed by atoms with van der Waals surface area (Å²) in [5, 5.41) is 28.2. The van der Waals surface area contributed by atoms with Crippen LogP contribution in [0.2, 0.25) is 0 Å². The van der Waals surface area contributed by atoms with E-state index in [0.717, 1.165) is 11.8 Å². The molecule has 28 heavy (non-hydrogen) atoms. The number of primary amides is 1. The molecule has 0 aliphatic heterocycles. The number of anilines is 1. The molecule has 1 amide bonds. The van der Waals surface area contributed by atoms with Gasteiger partial charge in [0, 0.05) is 13.6 Å². The molecular formula is C20H21N5O2S. The van der Waals surface area contributed by atoms with Gasteiger partial charge in [-0.1, -0.05) is 49.0 Å². The number of amides is 1. The van der Waals surface area contributed by atoms with Crippen LogP contribution in [-0.2, 0) is 11.2 Å². The lowest BCUT2D eigenvalue weighted by atomic mass is 10.0. The Bertz CT molecular complexity index is 934. The Kier molecular flexibility index (Phi) is 7.39. The normalized spacial score (nSPS) is 11.3. The van der Waals surface area contributed by atoms with Gasteiger partial charge in [0.2, 0.25) is 5.91 Å². The average molecular weight is 395 g/mol. The van der Waals surface area contributed by atoms with Crippen LogP contribution < -0.4 is 10.6 Å². The third kappa shape index (κ3) is 4.42. The van der Waals surface area contributed by atoms with Crippen LogP contribution in [0.25, 0.3) is 0 Å². The molecule has 0 bridgehead atoms. The maximum atomic E-state index is 12.1. The van der Waals surface area contributed by atoms with Crippen molar-refractivity contribution >= 4 is 23.5 Å². The first-order chi connectivity index (χ1) is 13.5. The van der Waals surface area contributed by atoms with E-state index < -0.39 is 11.2 Å². The Morgan fingerprint density at radius 2 is 1.93 bits per heavy atom. The van der Waals surface area contributed by atoms with Gasteiger partial charge >= 0.3 is 0 Å². The number of rotatable bonds is 8. The summed E-state index contributed by atoms with van der Waals surface area (Å²) in [6.07, 6.45) is 0.453. The highest BCUT2D eigenvalue weighted by molar-refractivity contribution is 8.00. The van der Waals surface area contributed by atoms with E-state index in [2.05, 4.69) is 17.1 Å². The number of hydrogen-bond acceptors (Lipinski definition) is 7. The van der Waals surface area contributed by atoms with Crippen molar-refractivity contribution in [3.8, 4) is 12.1 Å². The number of thioether (sulfide) groups is 1. The summed E-state index contributed by atoms with van der Waals surface area (Å²) in [5.41, 5.74) is 7.46. The quantitative estimate of drug-likeness (QED) is 0.655. The van der Waals surface area contributed by atoms with Crippen LogP contribution in [-0.4, -0.2) is 36.2 Å². The second-order valence-electron chi connectivity index (χ2n) is 6.00. The van der Waals surface area contributed by atoms with Crippen LogP contribution in [0.15, 0.2) is 35.4 Å². The van der Waals surface area contributed by atoms with E-state index in [0.29, 0.717) is 34.0 Å². The number of hydrogen-bond donors (Lipinski definition) is 2. The molecule has 2 rings (SSSR count). The first-order valence-corrected chi connectivity index (χ1v) is 9.56. The van der Waals surface area contributed by atoms with Crippen LogP contribution in [0.3, 0.4) is 0 Å². The number of pyridine rings is 1. The minimum absolute atomic E-state index is 0.110. The molecule has 0 saturated heterocycles. The number of nitrogens with zero attached hydrogens (tertiary/aromatic N) is 4. The highest BCUT2D eigenvalue weighted by Gasteiger charge is 2.26. The summed E-state index contributed by atoms with van der Waals surface area (Å²) >= 11 is 1.09. The summed E-state index contributed by atoms with van der Waals surface area (Å²) in [6.45, 7) is 2.02. The monoisotopic (exact) mass is 395 g/mol. The number of nitriles is 2. The lowest BCUT2D eigenvalue weighted by Gasteiger charge is -2.22. The number of aliphatic hydroxyl groups is 1. The predicted molar refractivity (Wildman–Crippen MR) is 108 cm³/mol. The van der Waals surface area contributed by atoms with E-state index in [9.17, 15) is 20.4 Å². The summed E-state index contributed by atoms with van der Waals surface area (Å²) < 4.78 is 0. The lowest BCUT2D eigenvalue weighted by molar-refractivity contribution is -0.117. The van der Waals surface area contributed by atoms with Gasteiger partial charge in [-0.3, -0.25) is 4.79 Å². The van der Waals surface area contributed by atoms with Crippen molar-refractivity contribution in [1.29, 1.82) is 10.5 Å². The first kappa shape index (κ1) is 21.2. The Labute approximate surface area is 168 Å². The summed E-state index contributed by atoms with van der Waals surface area (Å²) in [5.74, 6) is -0.180. The van der Waals surface area contributed by atoms with Crippen LogP contribution in [0.1, 0.15) is 34.4 Å². The molecule has 0 aliphatic carbocycles. The Morgan fingerprint density at radius 1 is 1.29 bits per heavy atom. The second kappa shape index (κ2) is 9.75. The summed E-state index contributed by atoms with van der Waals surface area (Å²) in [6, 6.07) is 13.3. The molecule has 0 radical (unpaired) electrons. The molecule has 0 unspecified atom stereocenters. The third-order valence-electron chi connectivity index (χ3n) is 4.21. The van der Waals surface area contributed by atoms with Crippen LogP contribution in [0.5, 0.6) is 0 Å². The summed E-state index contributed by atoms with van der Waals surface area (Å²) in [4.78, 5) is 18.3. The zero-order chi connectivity index (χ0) is 20.7. The molecule has 0 aliphatic rings. The van der Waals surface area contributed by atoms with E-state index in [1.165, 1.54) is 0 Å². The van der Waals surface area contributed by atoms with Crippen molar-refractivity contribution in [2.24, 2.45) is 5.73 Å². The van der Waals surface area contributed by atoms with Gasteiger partial charge in [0.1, 0.15) is 28.2 Å². The topological polar surface area (TPSA) is 127 Å². The first-order valence-electron chi connectivity index (χ1n) is 8.68. The van der Waals surface area contributed by atoms with Crippen molar-refractivity contribution < 1.29 is 9.90 Å². The maximum Gasteiger partial charge on any atom is 0.235 e. The fourth-order valence-electron chi connectivity index (χ4n) is 2.83. The Hall–Kier alpha value is -3.07. The molecule has 2 aromatic rings. The zero-order valence-corrected chi connectivity index (χ0v) is 16.5. The second-order valence-corrected chi connectivity index (χ2v) is 7.10. The number of carbonyl (C=O) groups is 1. The molecule has 3 N–H and O–H groups in total. The van der Waals surface area contributed by atoms with Gasteiger partial charge in [0.25, 0.3) is 0 Å². The maximum absolute atomic E-state index is 12.1. The minimum Gasteiger partial charge on any atom is -0.395 e. The largest absolute Gasteiger partial charge is 0.395 e. The highest BCUT2D eigenvalue weighted by atomic mass is 32.2. The van der Waals surface area contributed by atoms with Crippen LogP contribution in [0, 0.1) is 22.7 Å². The molecule has 0 fully saturated rings. The molecule has 0 saturated carbocycles. The van der Waals surface area contributed by atoms with Gasteiger partial charge in [-0.25, -0.2) is 4.98 Å². The fourth-order valence-corrected chi connectivity index (χ4v) is 3.89. The van der Waals surface area contributed by atoms with E-state index >= 15 is 0 Å². The Balaban J connectivity index is 2.65. The van der Waals surface area contributed by atoms with Gasteiger partial charge in [0.05, 0.1) is 17.7 Å². The van der Waals surface area contributed by atoms with Gasteiger partial charge in [-0.15, -0.1) is 0 Å². The number of aliphatic hydroxyl groups excluding tert-OH is 1. The molecule has 0 spiro atoms.